The molecule has 0 saturated carbocycles. The molecule has 1 aromatic rings. The second-order valence-electron chi connectivity index (χ2n) is 8.10. The van der Waals surface area contributed by atoms with Crippen LogP contribution in [0.5, 0.6) is 0 Å². The molecule has 2 aliphatic heterocycles. The molecule has 2 heterocycles. The lowest BCUT2D eigenvalue weighted by molar-refractivity contribution is -0.133. The van der Waals surface area contributed by atoms with Crippen LogP contribution in [0.15, 0.2) is 24.3 Å². The van der Waals surface area contributed by atoms with E-state index in [2.05, 4.69) is 19.8 Å². The largest absolute Gasteiger partial charge is 0.376 e. The highest BCUT2D eigenvalue weighted by Crippen LogP contribution is 2.21. The summed E-state index contributed by atoms with van der Waals surface area (Å²) in [7, 11) is -3.29. The number of likely N-dealkylation sites (tertiary alicyclic amines) is 2. The summed E-state index contributed by atoms with van der Waals surface area (Å²) in [6.45, 7) is 6.25. The van der Waals surface area contributed by atoms with Gasteiger partial charge in [-0.15, -0.1) is 0 Å². The van der Waals surface area contributed by atoms with E-state index < -0.39 is 10.0 Å². The fourth-order valence-electron chi connectivity index (χ4n) is 4.22. The SMILES string of the molecule is CCCS(=O)(=O)Nc1ccc(NCC(=O)N2CCCCC2CN2CCCC2)cc1. The molecule has 2 saturated heterocycles. The molecule has 1 amide bonds. The molecule has 1 atom stereocenters. The molecular formula is C21H34N4O3S. The number of rotatable bonds is 9. The Morgan fingerprint density at radius 2 is 1.69 bits per heavy atom. The number of hydrogen-bond donors (Lipinski definition) is 2. The van der Waals surface area contributed by atoms with Crippen LogP contribution in [0.2, 0.25) is 0 Å². The second-order valence-corrected chi connectivity index (χ2v) is 9.94. The summed E-state index contributed by atoms with van der Waals surface area (Å²) < 4.78 is 26.3. The van der Waals surface area contributed by atoms with Crippen LogP contribution in [0.25, 0.3) is 0 Å². The predicted molar refractivity (Wildman–Crippen MR) is 118 cm³/mol. The summed E-state index contributed by atoms with van der Waals surface area (Å²) in [6.07, 6.45) is 6.49. The van der Waals surface area contributed by atoms with Crippen LogP contribution in [0.1, 0.15) is 45.4 Å². The van der Waals surface area contributed by atoms with Gasteiger partial charge in [0.2, 0.25) is 15.9 Å². The van der Waals surface area contributed by atoms with E-state index in [4.69, 9.17) is 0 Å². The van der Waals surface area contributed by atoms with Gasteiger partial charge < -0.3 is 15.1 Å². The van der Waals surface area contributed by atoms with Crippen molar-refractivity contribution in [1.29, 1.82) is 0 Å². The van der Waals surface area contributed by atoms with Gasteiger partial charge in [-0.1, -0.05) is 6.92 Å². The third-order valence-corrected chi connectivity index (χ3v) is 7.18. The van der Waals surface area contributed by atoms with E-state index in [1.165, 1.54) is 19.3 Å². The smallest absolute Gasteiger partial charge is 0.242 e. The van der Waals surface area contributed by atoms with E-state index in [0.717, 1.165) is 44.7 Å². The number of carbonyl (C=O) groups is 1. The van der Waals surface area contributed by atoms with Crippen LogP contribution in [0.4, 0.5) is 11.4 Å². The molecule has 1 aromatic carbocycles. The lowest BCUT2D eigenvalue weighted by Crippen LogP contribution is -2.50. The van der Waals surface area contributed by atoms with Gasteiger partial charge in [0.15, 0.2) is 0 Å². The van der Waals surface area contributed by atoms with Gasteiger partial charge in [-0.2, -0.15) is 0 Å². The second kappa shape index (κ2) is 10.3. The predicted octanol–water partition coefficient (Wildman–Crippen LogP) is 2.73. The number of hydrogen-bond acceptors (Lipinski definition) is 5. The summed E-state index contributed by atoms with van der Waals surface area (Å²) >= 11 is 0. The highest BCUT2D eigenvalue weighted by molar-refractivity contribution is 7.92. The Morgan fingerprint density at radius 1 is 1.03 bits per heavy atom. The van der Waals surface area contributed by atoms with E-state index in [1.807, 2.05) is 6.92 Å². The van der Waals surface area contributed by atoms with Gasteiger partial charge in [-0.25, -0.2) is 8.42 Å². The molecule has 0 radical (unpaired) electrons. The Balaban J connectivity index is 1.51. The first-order chi connectivity index (χ1) is 14.0. The summed E-state index contributed by atoms with van der Waals surface area (Å²) in [5, 5.41) is 3.19. The first-order valence-corrected chi connectivity index (χ1v) is 12.5. The molecule has 2 N–H and O–H groups in total. The van der Waals surface area contributed by atoms with Gasteiger partial charge in [-0.05, 0) is 75.9 Å². The number of nitrogens with zero attached hydrogens (tertiary/aromatic N) is 2. The fraction of sp³-hybridized carbons (Fsp3) is 0.667. The van der Waals surface area contributed by atoms with Crippen molar-refractivity contribution in [1.82, 2.24) is 9.80 Å². The van der Waals surface area contributed by atoms with Crippen LogP contribution in [-0.4, -0.2) is 68.6 Å². The molecule has 2 fully saturated rings. The zero-order valence-electron chi connectivity index (χ0n) is 17.4. The van der Waals surface area contributed by atoms with Crippen LogP contribution in [-0.2, 0) is 14.8 Å². The highest BCUT2D eigenvalue weighted by atomic mass is 32.2. The van der Waals surface area contributed by atoms with Crippen molar-refractivity contribution in [2.45, 2.75) is 51.5 Å². The van der Waals surface area contributed by atoms with E-state index >= 15 is 0 Å². The van der Waals surface area contributed by atoms with E-state index in [1.54, 1.807) is 24.3 Å². The van der Waals surface area contributed by atoms with Crippen molar-refractivity contribution < 1.29 is 13.2 Å². The number of benzene rings is 1. The molecule has 0 aromatic heterocycles. The summed E-state index contributed by atoms with van der Waals surface area (Å²) in [5.41, 5.74) is 1.35. The first-order valence-electron chi connectivity index (χ1n) is 10.8. The van der Waals surface area contributed by atoms with Crippen molar-refractivity contribution in [2.24, 2.45) is 0 Å². The third kappa shape index (κ3) is 6.60. The Labute approximate surface area is 174 Å². The Morgan fingerprint density at radius 3 is 2.38 bits per heavy atom. The Bertz CT molecular complexity index is 761. The molecule has 29 heavy (non-hydrogen) atoms. The number of carbonyl (C=O) groups excluding carboxylic acids is 1. The molecule has 1 unspecified atom stereocenters. The molecular weight excluding hydrogens is 388 g/mol. The standard InChI is InChI=1S/C21H34N4O3S/c1-2-15-29(27,28)23-19-10-8-18(9-11-19)22-16-21(26)25-14-4-3-7-20(25)17-24-12-5-6-13-24/h8-11,20,22-23H,2-7,12-17H2,1H3. The average molecular weight is 423 g/mol. The van der Waals surface area contributed by atoms with Crippen molar-refractivity contribution in [3.63, 3.8) is 0 Å². The Kier molecular flexibility index (Phi) is 7.77. The Hall–Kier alpha value is -1.80. The van der Waals surface area contributed by atoms with Crippen LogP contribution in [0, 0.1) is 0 Å². The van der Waals surface area contributed by atoms with Crippen LogP contribution < -0.4 is 10.0 Å². The molecule has 0 spiro atoms. The number of anilines is 2. The molecule has 0 bridgehead atoms. The van der Waals surface area contributed by atoms with E-state index in [0.29, 0.717) is 18.2 Å². The van der Waals surface area contributed by atoms with Gasteiger partial charge in [0.05, 0.1) is 12.3 Å². The van der Waals surface area contributed by atoms with Crippen molar-refractivity contribution in [3.05, 3.63) is 24.3 Å². The number of sulfonamides is 1. The maximum Gasteiger partial charge on any atom is 0.242 e. The highest BCUT2D eigenvalue weighted by Gasteiger charge is 2.28. The molecule has 8 heteroatoms. The van der Waals surface area contributed by atoms with Crippen LogP contribution >= 0.6 is 0 Å². The van der Waals surface area contributed by atoms with Crippen molar-refractivity contribution in [3.8, 4) is 0 Å². The lowest BCUT2D eigenvalue weighted by Gasteiger charge is -2.38. The third-order valence-electron chi connectivity index (χ3n) is 5.69. The summed E-state index contributed by atoms with van der Waals surface area (Å²) in [5.74, 6) is 0.247. The normalized spacial score (nSPS) is 20.6. The van der Waals surface area contributed by atoms with Gasteiger partial charge in [0.25, 0.3) is 0 Å². The molecule has 2 aliphatic rings. The molecule has 0 aliphatic carbocycles. The van der Waals surface area contributed by atoms with Gasteiger partial charge >= 0.3 is 0 Å². The quantitative estimate of drug-likeness (QED) is 0.639. The maximum atomic E-state index is 12.8. The van der Waals surface area contributed by atoms with Gasteiger partial charge in [0, 0.05) is 30.5 Å². The summed E-state index contributed by atoms with van der Waals surface area (Å²) in [4.78, 5) is 17.4. The van der Waals surface area contributed by atoms with E-state index in [-0.39, 0.29) is 18.2 Å². The van der Waals surface area contributed by atoms with Gasteiger partial charge in [0.1, 0.15) is 0 Å². The minimum Gasteiger partial charge on any atom is -0.376 e. The zero-order valence-corrected chi connectivity index (χ0v) is 18.2. The zero-order chi connectivity index (χ0) is 20.7. The molecule has 7 nitrogen and oxygen atoms in total. The minimum atomic E-state index is -3.29. The number of nitrogens with one attached hydrogen (secondary N) is 2. The summed E-state index contributed by atoms with van der Waals surface area (Å²) in [6, 6.07) is 7.37. The van der Waals surface area contributed by atoms with Crippen LogP contribution in [0.3, 0.4) is 0 Å². The first kappa shape index (κ1) is 21.9. The van der Waals surface area contributed by atoms with Gasteiger partial charge in [-0.3, -0.25) is 9.52 Å². The lowest BCUT2D eigenvalue weighted by atomic mass is 10.0. The van der Waals surface area contributed by atoms with Crippen molar-refractivity contribution >= 4 is 27.3 Å². The number of amides is 1. The average Bonchev–Trinajstić information content (AvgIpc) is 3.20. The monoisotopic (exact) mass is 422 g/mol. The topological polar surface area (TPSA) is 81.8 Å². The maximum absolute atomic E-state index is 12.8. The number of piperidine rings is 1. The van der Waals surface area contributed by atoms with E-state index in [9.17, 15) is 13.2 Å². The fourth-order valence-corrected chi connectivity index (χ4v) is 5.35. The molecule has 162 valence electrons. The molecule has 3 rings (SSSR count). The van der Waals surface area contributed by atoms with Crippen molar-refractivity contribution in [2.75, 3.05) is 48.5 Å². The minimum absolute atomic E-state index is 0.107.